The standard InChI is InChI=1S/C75H96Br2N16O27/c1-34(8-9-36-10-14-39(76)15-11-36)20-52(99)43-27-57(103)83-50(30-94)70(114)88-49-29-92-28-41(93(33-92)74-63(107)62(106)60(104)53(32-96)120-74)23-46(67(111)90-58(35(2)97)72(116)89-51(31-95)71(115)85-45(66(110)84-43)21-37-6-4-3-5-7-37)81-56(102)25-42(98)24-48(75(118)119)82-55(101)18-19-80-65(109)44(22-38-12-16-40(77)17-13-38)87-73(117)59(61(105)64(79)108)91-68(112)47(26-54(78)100)86-69(49)113/h3-17,20,28,33,35,42-53,58-63,74,94-99,104-107H,18-19,21-27,29-32H2,1-2H3,(H16-,78,79,80,81,82,83,84,85,86,87,88,89,90,91,100,101,102,103,108,109,110,111,112,113,114,115,116,117,118,119)/p+1/b9-8+,34-20+/t35-,42+,43?,44-,45-,46-,47-,48?,49+,50-,51-,52-,53?,58?,59-,60-,61+,62?,63?,74+/m0/s1. The molecule has 0 radical (unpaired) electrons. The van der Waals surface area contributed by atoms with Gasteiger partial charge in [0.05, 0.1) is 57.0 Å². The number of hydrogen-bond acceptors (Lipinski definition) is 26. The molecule has 3 aliphatic heterocycles. The Morgan fingerprint density at radius 1 is 0.575 bits per heavy atom. The summed E-state index contributed by atoms with van der Waals surface area (Å²) < 4.78 is 8.98. The van der Waals surface area contributed by atoms with Gasteiger partial charge in [0.2, 0.25) is 95.3 Å². The van der Waals surface area contributed by atoms with E-state index in [0.717, 1.165) is 33.1 Å². The number of nitrogens with zero attached hydrogens (tertiary/aromatic N) is 2. The van der Waals surface area contributed by atoms with Gasteiger partial charge in [-0.1, -0.05) is 110 Å². The molecule has 1 fully saturated rings. The lowest BCUT2D eigenvalue weighted by atomic mass is 9.98. The summed E-state index contributed by atoms with van der Waals surface area (Å²) in [7, 11) is 0. The number of halogens is 2. The average Bonchev–Trinajstić information content (AvgIpc) is 1.49. The summed E-state index contributed by atoms with van der Waals surface area (Å²) in [6, 6.07) is -2.51. The highest BCUT2D eigenvalue weighted by Gasteiger charge is 2.49. The highest BCUT2D eigenvalue weighted by atomic mass is 79.9. The number of ether oxygens (including phenoxy) is 1. The van der Waals surface area contributed by atoms with E-state index in [0.29, 0.717) is 26.7 Å². The van der Waals surface area contributed by atoms with Crippen molar-refractivity contribution >= 4 is 127 Å². The van der Waals surface area contributed by atoms with Crippen LogP contribution in [0.3, 0.4) is 0 Å². The van der Waals surface area contributed by atoms with E-state index in [1.807, 2.05) is 5.32 Å². The normalized spacial score (nSPS) is 28.1. The van der Waals surface area contributed by atoms with Gasteiger partial charge in [0.25, 0.3) is 0 Å². The third-order valence-corrected chi connectivity index (χ3v) is 20.2. The van der Waals surface area contributed by atoms with E-state index in [-0.39, 0.29) is 0 Å². The molecule has 14 amide bonds. The second-order valence-electron chi connectivity index (χ2n) is 28.6. The van der Waals surface area contributed by atoms with Crippen LogP contribution >= 0.6 is 31.9 Å². The molecule has 7 rings (SSSR count). The number of hydrogen-bond donors (Lipinski definition) is 25. The number of carboxylic acids is 1. The second kappa shape index (κ2) is 45.4. The van der Waals surface area contributed by atoms with Crippen molar-refractivity contribution in [1.29, 1.82) is 0 Å². The van der Waals surface area contributed by atoms with Crippen LogP contribution in [0.2, 0.25) is 0 Å². The molecule has 45 heteroatoms. The van der Waals surface area contributed by atoms with Crippen molar-refractivity contribution in [3.05, 3.63) is 140 Å². The maximum Gasteiger partial charge on any atom is 0.326 e. The number of fused-ring (bicyclic) bond motifs is 2. The Bertz CT molecular complexity index is 4410. The van der Waals surface area contributed by atoms with E-state index in [1.165, 1.54) is 49.4 Å². The smallest absolute Gasteiger partial charge is 0.326 e. The lowest BCUT2D eigenvalue weighted by Crippen LogP contribution is -2.64. The number of carboxylic acid groups (broad SMARTS) is 1. The Kier molecular flexibility index (Phi) is 36.3. The van der Waals surface area contributed by atoms with Crippen molar-refractivity contribution in [3.8, 4) is 0 Å². The quantitative estimate of drug-likeness (QED) is 0.0325. The first-order valence-electron chi connectivity index (χ1n) is 37.4. The number of benzene rings is 3. The van der Waals surface area contributed by atoms with Crippen LogP contribution in [0.4, 0.5) is 0 Å². The molecule has 3 aromatic carbocycles. The minimum Gasteiger partial charge on any atom is -0.480 e. The summed E-state index contributed by atoms with van der Waals surface area (Å²) in [4.78, 5) is 214. The highest BCUT2D eigenvalue weighted by Crippen LogP contribution is 2.27. The third kappa shape index (κ3) is 28.3. The van der Waals surface area contributed by atoms with Crippen LogP contribution in [0.15, 0.2) is 118 Å². The second-order valence-corrected chi connectivity index (χ2v) is 30.5. The van der Waals surface area contributed by atoms with Crippen molar-refractivity contribution in [2.24, 2.45) is 11.5 Å². The molecule has 4 aromatic rings. The highest BCUT2D eigenvalue weighted by molar-refractivity contribution is 9.10. The molecule has 3 aliphatic rings. The van der Waals surface area contributed by atoms with Gasteiger partial charge in [0, 0.05) is 54.0 Å². The molecule has 4 heterocycles. The van der Waals surface area contributed by atoms with Crippen LogP contribution < -0.4 is 79.8 Å². The minimum atomic E-state index is -2.73. The molecule has 20 atom stereocenters. The van der Waals surface area contributed by atoms with Crippen molar-refractivity contribution in [3.63, 3.8) is 0 Å². The number of aliphatic hydroxyl groups excluding tert-OH is 10. The van der Waals surface area contributed by atoms with Gasteiger partial charge in [-0.3, -0.25) is 67.1 Å². The van der Waals surface area contributed by atoms with Crippen molar-refractivity contribution in [1.82, 2.24) is 68.4 Å². The fraction of sp³-hybridized carbons (Fsp3) is 0.467. The molecule has 27 N–H and O–H groups in total. The van der Waals surface area contributed by atoms with E-state index < -0.39 is 300 Å². The lowest BCUT2D eigenvalue weighted by molar-refractivity contribution is -0.783. The van der Waals surface area contributed by atoms with Crippen molar-refractivity contribution in [2.75, 3.05) is 26.4 Å². The van der Waals surface area contributed by atoms with Gasteiger partial charge in [-0.2, -0.15) is 0 Å². The van der Waals surface area contributed by atoms with E-state index in [2.05, 4.69) is 90.3 Å². The lowest BCUT2D eigenvalue weighted by Gasteiger charge is -2.38. The maximum absolute atomic E-state index is 15.4. The molecule has 6 unspecified atom stereocenters. The molecular weight excluding hydrogens is 1720 g/mol. The SMILES string of the molecule is CC(/C=C/c1ccc(Br)cc1)=C\[C@H](O)C1CC(=O)N[C@@H](CO)C(=O)N[C@@H]2Cn3cc([n+]([C@@H]4OC(CO)[C@H](O)C(O)C4O)c3)C[C@H](NC(=O)C[C@H](O)CC(C(=O)O)NC(=O)CCNC(=O)[C@H](Cc3ccc(Br)cc3)NC(=O)[C@H]([C@@H](O)C(N)=O)NC(=O)[C@H](CC(N)=O)NC2=O)C(=O)NC([C@H](C)O)C(=O)N[C@@H](CO)C(=O)N[C@@H](Cc2ccccc2)C(=O)N1. The molecule has 43 nitrogen and oxygen atoms in total. The number of nitrogens with one attached hydrogen (secondary N) is 12. The van der Waals surface area contributed by atoms with Gasteiger partial charge in [-0.05, 0) is 54.8 Å². The Hall–Kier alpha value is -11.1. The molecular formula is C75H97Br2N16O27+. The minimum absolute atomic E-state index is 0.320. The number of imidazole rings is 1. The summed E-state index contributed by atoms with van der Waals surface area (Å²) >= 11 is 6.64. The van der Waals surface area contributed by atoms with Crippen molar-refractivity contribution < 1.29 is 137 Å². The van der Waals surface area contributed by atoms with E-state index in [1.54, 1.807) is 54.6 Å². The molecule has 1 aromatic heterocycles. The van der Waals surface area contributed by atoms with E-state index in [4.69, 9.17) is 16.2 Å². The zero-order valence-electron chi connectivity index (χ0n) is 64.4. The van der Waals surface area contributed by atoms with Gasteiger partial charge < -0.3 is 136 Å². The molecule has 0 aliphatic carbocycles. The Labute approximate surface area is 700 Å². The van der Waals surface area contributed by atoms with Crippen molar-refractivity contribution in [2.45, 2.75) is 193 Å². The van der Waals surface area contributed by atoms with Gasteiger partial charge >= 0.3 is 5.97 Å². The number of allylic oxidation sites excluding steroid dienone is 2. The fourth-order valence-electron chi connectivity index (χ4n) is 12.7. The van der Waals surface area contributed by atoms with Crippen LogP contribution in [0, 0.1) is 0 Å². The largest absolute Gasteiger partial charge is 0.480 e. The molecule has 0 spiro atoms. The number of aromatic nitrogens is 2. The number of aliphatic carboxylic acids is 1. The fourth-order valence-corrected chi connectivity index (χ4v) is 13.3. The van der Waals surface area contributed by atoms with E-state index in [9.17, 15) is 119 Å². The topological polar surface area (TPSA) is 693 Å². The van der Waals surface area contributed by atoms with Crippen LogP contribution in [0.5, 0.6) is 0 Å². The Morgan fingerprint density at radius 2 is 1.12 bits per heavy atom. The Morgan fingerprint density at radius 3 is 1.73 bits per heavy atom. The summed E-state index contributed by atoms with van der Waals surface area (Å²) in [5, 5.41) is 150. The predicted octanol–water partition coefficient (Wildman–Crippen LogP) is -10.1. The van der Waals surface area contributed by atoms with Gasteiger partial charge in [-0.25, -0.2) is 13.9 Å². The summed E-state index contributed by atoms with van der Waals surface area (Å²) in [6.45, 7) is -2.96. The molecule has 4 bridgehead atoms. The van der Waals surface area contributed by atoms with Crippen LogP contribution in [0.25, 0.3) is 6.08 Å². The third-order valence-electron chi connectivity index (χ3n) is 19.2. The van der Waals surface area contributed by atoms with E-state index >= 15 is 9.59 Å². The summed E-state index contributed by atoms with van der Waals surface area (Å²) in [6.07, 6.45) is -19.8. The maximum atomic E-state index is 15.4. The molecule has 652 valence electrons. The zero-order valence-corrected chi connectivity index (χ0v) is 67.6. The van der Waals surface area contributed by atoms with Crippen LogP contribution in [-0.4, -0.2) is 291 Å². The number of primary amides is 2. The van der Waals surface area contributed by atoms with Gasteiger partial charge in [0.15, 0.2) is 6.10 Å². The number of amides is 14. The molecule has 120 heavy (non-hydrogen) atoms. The first-order chi connectivity index (χ1) is 56.8. The number of rotatable bonds is 18. The van der Waals surface area contributed by atoms with Gasteiger partial charge in [-0.15, -0.1) is 0 Å². The summed E-state index contributed by atoms with van der Waals surface area (Å²) in [5.74, 6) is -21.4. The Balaban J connectivity index is 1.44. The zero-order chi connectivity index (χ0) is 88.5. The number of aliphatic hydroxyl groups is 10. The van der Waals surface area contributed by atoms with Crippen LogP contribution in [0.1, 0.15) is 74.6 Å². The first-order valence-corrected chi connectivity index (χ1v) is 39.0. The predicted molar refractivity (Wildman–Crippen MR) is 420 cm³/mol. The number of nitrogens with two attached hydrogens (primary N) is 2. The first kappa shape index (κ1) is 96.1. The molecule has 0 saturated carbocycles. The van der Waals surface area contributed by atoms with Crippen LogP contribution in [-0.2, 0) is 102 Å². The number of carbonyl (C=O) groups is 15. The monoisotopic (exact) mass is 1810 g/mol. The molecule has 1 saturated heterocycles. The number of carbonyl (C=O) groups excluding carboxylic acids is 14. The van der Waals surface area contributed by atoms with Gasteiger partial charge in [0.1, 0.15) is 103 Å². The summed E-state index contributed by atoms with van der Waals surface area (Å²) in [5.41, 5.74) is 12.3. The average molecular weight is 1810 g/mol.